The summed E-state index contributed by atoms with van der Waals surface area (Å²) in [6.45, 7) is -3.67. The van der Waals surface area contributed by atoms with Gasteiger partial charge in [-0.1, -0.05) is 121 Å². The topological polar surface area (TPSA) is 37.3 Å². The third kappa shape index (κ3) is 10.4. The van der Waals surface area contributed by atoms with E-state index in [0.717, 1.165) is 0 Å². The van der Waals surface area contributed by atoms with Gasteiger partial charge >= 0.3 is 12.6 Å². The minimum atomic E-state index is -3.67. The Balaban J connectivity index is 0.000000268. The lowest BCUT2D eigenvalue weighted by molar-refractivity contribution is 0.00817. The van der Waals surface area contributed by atoms with E-state index in [9.17, 15) is 18.0 Å². The Hall–Kier alpha value is -3.86. The maximum absolute atomic E-state index is 10.2. The lowest BCUT2D eigenvalue weighted by atomic mass is 10.2. The molecule has 0 fully saturated rings. The predicted octanol–water partition coefficient (Wildman–Crippen LogP) is 8.16. The number of aromatic carboxylic acids is 1. The van der Waals surface area contributed by atoms with Crippen molar-refractivity contribution in [1.29, 1.82) is 0 Å². The van der Waals surface area contributed by atoms with E-state index in [1.165, 1.54) is 25.7 Å². The Morgan fingerprint density at radius 3 is 1.26 bits per heavy atom. The fourth-order valence-electron chi connectivity index (χ4n) is 3.47. The Labute approximate surface area is 231 Å². The van der Waals surface area contributed by atoms with Crippen LogP contribution in [0.4, 0.5) is 13.2 Å². The van der Waals surface area contributed by atoms with Crippen molar-refractivity contribution >= 4 is 41.6 Å². The van der Waals surface area contributed by atoms with Crippen LogP contribution in [0.15, 0.2) is 155 Å². The van der Waals surface area contributed by atoms with Crippen molar-refractivity contribution in [1.82, 2.24) is 0 Å². The zero-order chi connectivity index (χ0) is 27.9. The maximum Gasteiger partial charge on any atom is 0.379 e. The van der Waals surface area contributed by atoms with Crippen LogP contribution in [-0.4, -0.2) is 17.8 Å². The smallest absolute Gasteiger partial charge is 0.379 e. The van der Waals surface area contributed by atoms with Crippen molar-refractivity contribution < 1.29 is 23.1 Å². The number of carboxylic acid groups (broad SMARTS) is 1. The summed E-state index contributed by atoms with van der Waals surface area (Å²) < 4.78 is 29.0. The third-order valence-electron chi connectivity index (χ3n) is 5.12. The molecule has 0 aliphatic rings. The van der Waals surface area contributed by atoms with E-state index in [-0.39, 0.29) is 0 Å². The molecule has 0 saturated carbocycles. The number of halogens is 3. The van der Waals surface area contributed by atoms with Gasteiger partial charge in [-0.25, -0.2) is 4.79 Å². The number of benzene rings is 5. The van der Waals surface area contributed by atoms with Crippen LogP contribution in [0, 0.1) is 0 Å². The summed E-state index contributed by atoms with van der Waals surface area (Å²) in [6, 6.07) is 49.6. The molecule has 2 nitrogen and oxygen atoms in total. The molecule has 0 aromatic heterocycles. The van der Waals surface area contributed by atoms with Gasteiger partial charge in [0, 0.05) is 9.79 Å². The molecular formula is C32H26F3O2PS. The van der Waals surface area contributed by atoms with Crippen LogP contribution in [0.5, 0.6) is 0 Å². The van der Waals surface area contributed by atoms with Crippen molar-refractivity contribution in [2.24, 2.45) is 0 Å². The molecule has 5 aromatic carbocycles. The quantitative estimate of drug-likeness (QED) is 0.212. The van der Waals surface area contributed by atoms with Crippen LogP contribution in [0.2, 0.25) is 0 Å². The van der Waals surface area contributed by atoms with Gasteiger partial charge in [-0.3, -0.25) is 0 Å². The fourth-order valence-corrected chi connectivity index (χ4v) is 6.59. The predicted molar refractivity (Wildman–Crippen MR) is 156 cm³/mol. The van der Waals surface area contributed by atoms with Crippen molar-refractivity contribution in [3.63, 3.8) is 0 Å². The molecule has 0 heterocycles. The molecule has 0 unspecified atom stereocenters. The number of carbonyl (C=O) groups is 1. The van der Waals surface area contributed by atoms with E-state index in [2.05, 4.69) is 115 Å². The molecule has 0 spiro atoms. The van der Waals surface area contributed by atoms with E-state index in [4.69, 9.17) is 5.11 Å². The number of hydrogen-bond donors (Lipinski definition) is 1. The van der Waals surface area contributed by atoms with Gasteiger partial charge < -0.3 is 5.11 Å². The van der Waals surface area contributed by atoms with Gasteiger partial charge in [-0.2, -0.15) is 13.2 Å². The molecule has 0 radical (unpaired) electrons. The molecule has 0 amide bonds. The minimum Gasteiger partial charge on any atom is -0.478 e. The Kier molecular flexibility index (Phi) is 12.3. The second-order valence-corrected chi connectivity index (χ2v) is 11.2. The first-order valence-corrected chi connectivity index (χ1v) is 14.0. The van der Waals surface area contributed by atoms with Crippen molar-refractivity contribution in [2.75, 3.05) is 0 Å². The Morgan fingerprint density at radius 1 is 0.538 bits per heavy atom. The molecule has 1 N–H and O–H groups in total. The molecule has 0 aliphatic heterocycles. The molecule has 5 rings (SSSR count). The molecule has 7 heteroatoms. The summed E-state index contributed by atoms with van der Waals surface area (Å²) in [6.07, 6.45) is 0. The maximum atomic E-state index is 10.2. The van der Waals surface area contributed by atoms with Crippen LogP contribution < -0.4 is 15.9 Å². The van der Waals surface area contributed by atoms with E-state index in [1.54, 1.807) is 42.1 Å². The van der Waals surface area contributed by atoms with Crippen LogP contribution in [0.1, 0.15) is 10.4 Å². The number of carboxylic acids is 1. The summed E-state index contributed by atoms with van der Waals surface area (Å²) in [4.78, 5) is 12.7. The number of hydrogen-bond acceptors (Lipinski definition) is 2. The summed E-state index contributed by atoms with van der Waals surface area (Å²) >= 11 is 1.81. The molecule has 0 saturated heterocycles. The Bertz CT molecular complexity index is 1330. The van der Waals surface area contributed by atoms with Crippen LogP contribution in [0.3, 0.4) is 0 Å². The minimum absolute atomic E-state index is 0.331. The highest BCUT2D eigenvalue weighted by atomic mass is 32.2. The number of alkyl halides is 3. The highest BCUT2D eigenvalue weighted by Gasteiger charge is 2.15. The van der Waals surface area contributed by atoms with Crippen LogP contribution in [-0.2, 0) is 0 Å². The zero-order valence-electron chi connectivity index (χ0n) is 20.8. The van der Waals surface area contributed by atoms with Crippen molar-refractivity contribution in [3.05, 3.63) is 151 Å². The zero-order valence-corrected chi connectivity index (χ0v) is 22.5. The van der Waals surface area contributed by atoms with Gasteiger partial charge in [0.25, 0.3) is 0 Å². The normalized spacial score (nSPS) is 10.2. The van der Waals surface area contributed by atoms with Gasteiger partial charge in [-0.05, 0) is 60.2 Å². The van der Waals surface area contributed by atoms with E-state index < -0.39 is 20.6 Å². The molecule has 0 aliphatic carbocycles. The first-order valence-electron chi connectivity index (χ1n) is 11.9. The van der Waals surface area contributed by atoms with E-state index >= 15 is 0 Å². The lowest BCUT2D eigenvalue weighted by Crippen LogP contribution is -2.20. The van der Waals surface area contributed by atoms with Crippen LogP contribution >= 0.6 is 19.7 Å². The molecule has 5 aromatic rings. The average Bonchev–Trinajstić information content (AvgIpc) is 2.96. The largest absolute Gasteiger partial charge is 0.478 e. The monoisotopic (exact) mass is 562 g/mol. The lowest BCUT2D eigenvalue weighted by Gasteiger charge is -2.19. The standard InChI is InChI=1S/C24H19PS.C7H6O2.CHF3/c1-4-10-20(11-5-1)25(21-12-6-2-7-13-21)22-16-18-24(19-17-22)26-23-14-8-3-9-15-23;8-7(9)6-4-2-1-3-5-6;2-1(3)4/h1-19H;1-5H,(H,8,9);1H. The van der Waals surface area contributed by atoms with Gasteiger partial charge in [0.1, 0.15) is 0 Å². The summed E-state index contributed by atoms with van der Waals surface area (Å²) in [5.74, 6) is -0.879. The fraction of sp³-hybridized carbons (Fsp3) is 0.0312. The highest BCUT2D eigenvalue weighted by Crippen LogP contribution is 2.34. The molecule has 0 bridgehead atoms. The van der Waals surface area contributed by atoms with Gasteiger partial charge in [0.2, 0.25) is 0 Å². The van der Waals surface area contributed by atoms with Gasteiger partial charge in [0.15, 0.2) is 0 Å². The summed E-state index contributed by atoms with van der Waals surface area (Å²) in [5.41, 5.74) is 0.331. The third-order valence-corrected chi connectivity index (χ3v) is 8.58. The Morgan fingerprint density at radius 2 is 0.872 bits per heavy atom. The van der Waals surface area contributed by atoms with Crippen LogP contribution in [0.25, 0.3) is 0 Å². The van der Waals surface area contributed by atoms with E-state index in [1.807, 2.05) is 0 Å². The van der Waals surface area contributed by atoms with Gasteiger partial charge in [-0.15, -0.1) is 0 Å². The second-order valence-electron chi connectivity index (χ2n) is 7.83. The molecular weight excluding hydrogens is 536 g/mol. The molecule has 198 valence electrons. The van der Waals surface area contributed by atoms with Crippen molar-refractivity contribution in [3.8, 4) is 0 Å². The first kappa shape index (κ1) is 29.7. The molecule has 39 heavy (non-hydrogen) atoms. The van der Waals surface area contributed by atoms with E-state index in [0.29, 0.717) is 5.56 Å². The highest BCUT2D eigenvalue weighted by molar-refractivity contribution is 7.99. The van der Waals surface area contributed by atoms with Gasteiger partial charge in [0.05, 0.1) is 5.56 Å². The first-order chi connectivity index (χ1) is 18.9. The second kappa shape index (κ2) is 16.2. The summed E-state index contributed by atoms with van der Waals surface area (Å²) in [7, 11) is -0.527. The SMILES string of the molecule is FC(F)F.O=C(O)c1ccccc1.c1ccc(Sc2ccc(P(c3ccccc3)c3ccccc3)cc2)cc1. The van der Waals surface area contributed by atoms with Crippen molar-refractivity contribution in [2.45, 2.75) is 16.5 Å². The molecule has 0 atom stereocenters. The summed E-state index contributed by atoms with van der Waals surface area (Å²) in [5, 5.41) is 12.5. The number of rotatable bonds is 6. The average molecular weight is 563 g/mol.